The van der Waals surface area contributed by atoms with Gasteiger partial charge in [-0.05, 0) is 42.9 Å². The molecule has 44 heavy (non-hydrogen) atoms. The molecule has 1 heterocycles. The van der Waals surface area contributed by atoms with Gasteiger partial charge in [-0.25, -0.2) is 21.9 Å². The first-order valence-corrected chi connectivity index (χ1v) is 16.2. The molecule has 1 aliphatic heterocycles. The quantitative estimate of drug-likeness (QED) is 0.232. The maximum Gasteiger partial charge on any atom is 0.323 e. The van der Waals surface area contributed by atoms with E-state index >= 15 is 8.78 Å². The molecule has 5 N–H and O–H groups in total. The van der Waals surface area contributed by atoms with Crippen molar-refractivity contribution >= 4 is 45.1 Å². The van der Waals surface area contributed by atoms with E-state index in [0.29, 0.717) is 12.8 Å². The minimum Gasteiger partial charge on any atom is -0.453 e. The van der Waals surface area contributed by atoms with Crippen molar-refractivity contribution in [2.24, 2.45) is 17.1 Å². The molecule has 3 unspecified atom stereocenters. The summed E-state index contributed by atoms with van der Waals surface area (Å²) in [5.74, 6) is -4.93. The van der Waals surface area contributed by atoms with Gasteiger partial charge in [-0.2, -0.15) is 5.26 Å². The smallest absolute Gasteiger partial charge is 0.323 e. The second kappa shape index (κ2) is 14.1. The van der Waals surface area contributed by atoms with Crippen LogP contribution in [-0.2, 0) is 30.0 Å². The summed E-state index contributed by atoms with van der Waals surface area (Å²) in [7, 11) is -3.39. The minimum atomic E-state index is -3.39. The Morgan fingerprint density at radius 3 is 2.55 bits per heavy atom. The normalized spacial score (nSPS) is 20.8. The van der Waals surface area contributed by atoms with Crippen LogP contribution in [0.2, 0.25) is 10.0 Å². The summed E-state index contributed by atoms with van der Waals surface area (Å²) in [4.78, 5) is 25.8. The molecular weight excluding hydrogens is 641 g/mol. The Balaban J connectivity index is 1.96. The second-order valence-corrected chi connectivity index (χ2v) is 14.4. The molecular formula is C29H34Cl2F2N4O6S. The van der Waals surface area contributed by atoms with Crippen LogP contribution < -0.4 is 15.8 Å². The van der Waals surface area contributed by atoms with Crippen LogP contribution in [0.4, 0.5) is 8.78 Å². The fraction of sp³-hybridized carbons (Fsp3) is 0.483. The highest BCUT2D eigenvalue weighted by atomic mass is 35.5. The van der Waals surface area contributed by atoms with Crippen molar-refractivity contribution in [1.82, 2.24) is 10.0 Å². The number of carbonyl (C=O) groups is 2. The lowest BCUT2D eigenvalue weighted by Crippen LogP contribution is -2.44. The number of hydrogen-bond acceptors (Lipinski definition) is 8. The number of rotatable bonds is 13. The number of hydrogen-bond donors (Lipinski definition) is 4. The number of halogens is 4. The lowest BCUT2D eigenvalue weighted by atomic mass is 9.80. The number of carbonyl (C=O) groups excluding carboxylic acids is 2. The predicted octanol–water partition coefficient (Wildman–Crippen LogP) is 3.84. The molecule has 240 valence electrons. The predicted molar refractivity (Wildman–Crippen MR) is 160 cm³/mol. The Labute approximate surface area is 264 Å². The molecule has 1 fully saturated rings. The molecule has 1 amide bonds. The summed E-state index contributed by atoms with van der Waals surface area (Å²) in [5.41, 5.74) is 1.26. The van der Waals surface area contributed by atoms with E-state index in [0.717, 1.165) is 24.5 Å². The molecule has 0 bridgehead atoms. The highest BCUT2D eigenvalue weighted by Crippen LogP contribution is 2.44. The molecule has 0 aliphatic carbocycles. The topological polar surface area (TPSA) is 172 Å². The van der Waals surface area contributed by atoms with Gasteiger partial charge in [0.1, 0.15) is 23.3 Å². The van der Waals surface area contributed by atoms with Crippen LogP contribution in [0.5, 0.6) is 0 Å². The monoisotopic (exact) mass is 674 g/mol. The highest BCUT2D eigenvalue weighted by Gasteiger charge is 2.49. The molecule has 0 radical (unpaired) electrons. The number of aliphatic hydroxyl groups is 1. The molecule has 15 heteroatoms. The van der Waals surface area contributed by atoms with Crippen LogP contribution in [0.25, 0.3) is 0 Å². The van der Waals surface area contributed by atoms with Crippen molar-refractivity contribution in [2.45, 2.75) is 63.3 Å². The molecule has 1 saturated heterocycles. The van der Waals surface area contributed by atoms with Crippen molar-refractivity contribution < 1.29 is 36.6 Å². The van der Waals surface area contributed by atoms with E-state index in [2.05, 4.69) is 16.1 Å². The Kier molecular flexibility index (Phi) is 11.4. The molecule has 3 rings (SSSR count). The summed E-state index contributed by atoms with van der Waals surface area (Å²) in [5, 5.41) is 24.4. The van der Waals surface area contributed by atoms with E-state index < -0.39 is 91.2 Å². The van der Waals surface area contributed by atoms with Crippen LogP contribution in [0.1, 0.15) is 56.8 Å². The summed E-state index contributed by atoms with van der Waals surface area (Å²) < 4.78 is 61.6. The van der Waals surface area contributed by atoms with Gasteiger partial charge in [-0.15, -0.1) is 0 Å². The van der Waals surface area contributed by atoms with Gasteiger partial charge >= 0.3 is 5.97 Å². The van der Waals surface area contributed by atoms with Crippen molar-refractivity contribution in [2.75, 3.05) is 12.8 Å². The van der Waals surface area contributed by atoms with Gasteiger partial charge < -0.3 is 20.9 Å². The van der Waals surface area contributed by atoms with Crippen molar-refractivity contribution in [3.05, 3.63) is 69.2 Å². The van der Waals surface area contributed by atoms with Crippen LogP contribution in [0.3, 0.4) is 0 Å². The fourth-order valence-electron chi connectivity index (χ4n) is 5.40. The minimum absolute atomic E-state index is 0.00668. The average Bonchev–Trinajstić information content (AvgIpc) is 3.29. The van der Waals surface area contributed by atoms with E-state index in [1.54, 1.807) is 0 Å². The summed E-state index contributed by atoms with van der Waals surface area (Å²) in [6.45, 7) is 3.96. The lowest BCUT2D eigenvalue weighted by molar-refractivity contribution is -0.174. The van der Waals surface area contributed by atoms with Crippen LogP contribution in [0, 0.1) is 34.3 Å². The number of amides is 1. The Morgan fingerprint density at radius 2 is 1.95 bits per heavy atom. The van der Waals surface area contributed by atoms with E-state index in [9.17, 15) is 28.4 Å². The first kappa shape index (κ1) is 35.6. The highest BCUT2D eigenvalue weighted by molar-refractivity contribution is 7.88. The van der Waals surface area contributed by atoms with Crippen molar-refractivity contribution in [3.8, 4) is 6.07 Å². The molecule has 10 nitrogen and oxygen atoms in total. The van der Waals surface area contributed by atoms with Gasteiger partial charge in [0.15, 0.2) is 6.10 Å². The summed E-state index contributed by atoms with van der Waals surface area (Å²) in [6.07, 6.45) is -1.12. The maximum absolute atomic E-state index is 15.3. The van der Waals surface area contributed by atoms with Crippen LogP contribution >= 0.6 is 23.2 Å². The lowest BCUT2D eigenvalue weighted by Gasteiger charge is -2.36. The average molecular weight is 676 g/mol. The molecule has 5 atom stereocenters. The van der Waals surface area contributed by atoms with Crippen molar-refractivity contribution in [1.29, 1.82) is 5.26 Å². The number of esters is 1. The Bertz CT molecular complexity index is 1550. The first-order chi connectivity index (χ1) is 20.4. The number of nitrogens with zero attached hydrogens (tertiary/aromatic N) is 1. The zero-order chi connectivity index (χ0) is 33.0. The third-order valence-corrected chi connectivity index (χ3v) is 8.81. The van der Waals surface area contributed by atoms with Gasteiger partial charge in [0.2, 0.25) is 15.9 Å². The number of nitrogens with two attached hydrogens (primary N) is 1. The summed E-state index contributed by atoms with van der Waals surface area (Å²) >= 11 is 11.9. The Hall–Kier alpha value is -2.86. The molecule has 2 aromatic carbocycles. The van der Waals surface area contributed by atoms with Gasteiger partial charge in [0, 0.05) is 28.7 Å². The SMILES string of the molecule is CC(C)(CCNS(C)(=O)=O)CC1NC(C(=O)O[C@@H](c2ccc(Cl)cc2F)[C@](O)(CC(N)=O)c2cccc(Cl)c2F)CC1C#N. The van der Waals surface area contributed by atoms with Gasteiger partial charge in [0.25, 0.3) is 0 Å². The van der Waals surface area contributed by atoms with Gasteiger partial charge in [-0.3, -0.25) is 9.59 Å². The number of benzene rings is 2. The van der Waals surface area contributed by atoms with Gasteiger partial charge in [0.05, 0.1) is 29.7 Å². The van der Waals surface area contributed by atoms with E-state index in [-0.39, 0.29) is 18.0 Å². The molecule has 1 aliphatic rings. The van der Waals surface area contributed by atoms with Crippen LogP contribution in [0.15, 0.2) is 36.4 Å². The standard InChI is InChI=1S/C29H34Cl2F2N4O6S/c1-28(2,9-10-36-44(3,41)42)13-23-16(15-34)11-22(37-23)27(39)43-26(18-8-7-17(30)12-21(18)32)29(40,14-24(35)38)19-5-4-6-20(31)25(19)33/h4-8,12,16,22-23,26,36-37,40H,9-11,13-14H2,1-3H3,(H2,35,38)/t16?,22?,23?,26-,29-/m0/s1. The first-order valence-electron chi connectivity index (χ1n) is 13.6. The van der Waals surface area contributed by atoms with E-state index in [4.69, 9.17) is 33.7 Å². The third-order valence-electron chi connectivity index (χ3n) is 7.55. The number of nitrogens with one attached hydrogen (secondary N) is 2. The summed E-state index contributed by atoms with van der Waals surface area (Å²) in [6, 6.07) is 7.43. The molecule has 0 aromatic heterocycles. The number of primary amides is 1. The maximum atomic E-state index is 15.3. The van der Waals surface area contributed by atoms with E-state index in [1.165, 1.54) is 18.2 Å². The van der Waals surface area contributed by atoms with E-state index in [1.807, 2.05) is 13.8 Å². The van der Waals surface area contributed by atoms with Crippen LogP contribution in [-0.4, -0.2) is 50.3 Å². The Morgan fingerprint density at radius 1 is 1.27 bits per heavy atom. The molecule has 0 saturated carbocycles. The zero-order valence-electron chi connectivity index (χ0n) is 24.2. The van der Waals surface area contributed by atoms with Gasteiger partial charge in [-0.1, -0.05) is 55.2 Å². The number of sulfonamides is 1. The molecule has 0 spiro atoms. The fourth-order valence-corrected chi connectivity index (χ4v) is 6.21. The number of ether oxygens (including phenoxy) is 1. The third kappa shape index (κ3) is 8.87. The largest absolute Gasteiger partial charge is 0.453 e. The number of nitriles is 1. The van der Waals surface area contributed by atoms with Crippen molar-refractivity contribution in [3.63, 3.8) is 0 Å². The molecule has 2 aromatic rings. The second-order valence-electron chi connectivity index (χ2n) is 11.7. The zero-order valence-corrected chi connectivity index (χ0v) is 26.6.